The Morgan fingerprint density at radius 1 is 1.35 bits per heavy atom. The van der Waals surface area contributed by atoms with Gasteiger partial charge >= 0.3 is 0 Å². The van der Waals surface area contributed by atoms with E-state index in [9.17, 15) is 4.79 Å². The van der Waals surface area contributed by atoms with Crippen LogP contribution in [0.3, 0.4) is 0 Å². The zero-order valence-electron chi connectivity index (χ0n) is 14.8. The zero-order chi connectivity index (χ0) is 18.1. The zero-order valence-corrected chi connectivity index (χ0v) is 14.8. The van der Waals surface area contributed by atoms with E-state index in [0.717, 1.165) is 10.9 Å². The number of ether oxygens (including phenoxy) is 1. The summed E-state index contributed by atoms with van der Waals surface area (Å²) < 4.78 is 10.7. The lowest BCUT2D eigenvalue weighted by molar-refractivity contribution is 0.0775. The molecular weight excluding hydrogens is 332 g/mol. The highest BCUT2D eigenvalue weighted by Crippen LogP contribution is 2.33. The molecule has 134 valence electrons. The van der Waals surface area contributed by atoms with Crippen molar-refractivity contribution in [3.63, 3.8) is 0 Å². The largest absolute Gasteiger partial charge is 0.384 e. The molecule has 0 aliphatic carbocycles. The van der Waals surface area contributed by atoms with Gasteiger partial charge in [0, 0.05) is 43.3 Å². The number of pyridine rings is 1. The van der Waals surface area contributed by atoms with Gasteiger partial charge in [-0.1, -0.05) is 11.2 Å². The molecule has 0 spiro atoms. The molecule has 7 heteroatoms. The highest BCUT2D eigenvalue weighted by atomic mass is 16.5. The summed E-state index contributed by atoms with van der Waals surface area (Å²) in [5.74, 6) is 1.29. The molecule has 0 bridgehead atoms. The Bertz CT molecular complexity index is 939. The van der Waals surface area contributed by atoms with Gasteiger partial charge in [-0.2, -0.15) is 4.98 Å². The molecule has 2 aromatic heterocycles. The second kappa shape index (κ2) is 6.84. The summed E-state index contributed by atoms with van der Waals surface area (Å²) in [5.41, 5.74) is 1.53. The van der Waals surface area contributed by atoms with Crippen LogP contribution in [0.5, 0.6) is 0 Å². The maximum atomic E-state index is 13.0. The lowest BCUT2D eigenvalue weighted by Crippen LogP contribution is -2.29. The number of benzene rings is 1. The fourth-order valence-corrected chi connectivity index (χ4v) is 3.55. The van der Waals surface area contributed by atoms with Crippen LogP contribution in [0.15, 0.2) is 41.1 Å². The summed E-state index contributed by atoms with van der Waals surface area (Å²) in [4.78, 5) is 23.5. The summed E-state index contributed by atoms with van der Waals surface area (Å²) in [6.45, 7) is 3.47. The molecule has 1 aliphatic heterocycles. The summed E-state index contributed by atoms with van der Waals surface area (Å²) in [7, 11) is 1.66. The van der Waals surface area contributed by atoms with Crippen LogP contribution in [0, 0.1) is 12.8 Å². The van der Waals surface area contributed by atoms with E-state index in [2.05, 4.69) is 15.1 Å². The van der Waals surface area contributed by atoms with E-state index in [1.807, 2.05) is 35.2 Å². The number of carbonyl (C=O) groups is 1. The predicted molar refractivity (Wildman–Crippen MR) is 94.8 cm³/mol. The van der Waals surface area contributed by atoms with Crippen molar-refractivity contribution in [2.45, 2.75) is 12.8 Å². The fraction of sp³-hybridized carbons (Fsp3) is 0.368. The molecule has 1 aromatic carbocycles. The van der Waals surface area contributed by atoms with Gasteiger partial charge in [-0.25, -0.2) is 0 Å². The third-order valence-corrected chi connectivity index (χ3v) is 4.82. The molecular formula is C19H20N4O3. The number of hydrogen-bond donors (Lipinski definition) is 0. The quantitative estimate of drug-likeness (QED) is 0.717. The minimum atomic E-state index is -0.0118. The molecule has 26 heavy (non-hydrogen) atoms. The summed E-state index contributed by atoms with van der Waals surface area (Å²) >= 11 is 0. The number of likely N-dealkylation sites (tertiary alicyclic amines) is 1. The lowest BCUT2D eigenvalue weighted by atomic mass is 9.97. The van der Waals surface area contributed by atoms with E-state index < -0.39 is 0 Å². The van der Waals surface area contributed by atoms with Gasteiger partial charge in [0.15, 0.2) is 5.82 Å². The van der Waals surface area contributed by atoms with Crippen LogP contribution in [0.4, 0.5) is 0 Å². The smallest absolute Gasteiger partial charge is 0.253 e. The minimum absolute atomic E-state index is 0.00408. The second-order valence-corrected chi connectivity index (χ2v) is 6.62. The standard InChI is InChI=1S/C19H20N4O3/c1-12-21-18(26-22-12)16-10-23(9-15(16)11-25-2)19(24)14-5-6-17-13(8-14)4-3-7-20-17/h3-8,15-16H,9-11H2,1-2H3/t15-,16+/m0/s1. The van der Waals surface area contributed by atoms with Gasteiger partial charge < -0.3 is 14.2 Å². The van der Waals surface area contributed by atoms with Crippen LogP contribution < -0.4 is 0 Å². The summed E-state index contributed by atoms with van der Waals surface area (Å²) in [6.07, 6.45) is 1.75. The van der Waals surface area contributed by atoms with Crippen molar-refractivity contribution in [2.24, 2.45) is 5.92 Å². The number of carbonyl (C=O) groups excluding carboxylic acids is 1. The van der Waals surface area contributed by atoms with Crippen molar-refractivity contribution in [2.75, 3.05) is 26.8 Å². The number of fused-ring (bicyclic) bond motifs is 1. The molecule has 1 saturated heterocycles. The van der Waals surface area contributed by atoms with Crippen LogP contribution in [0.2, 0.25) is 0 Å². The Morgan fingerprint density at radius 3 is 3.00 bits per heavy atom. The average molecular weight is 352 g/mol. The molecule has 0 unspecified atom stereocenters. The van der Waals surface area contributed by atoms with Gasteiger partial charge in [-0.05, 0) is 31.2 Å². The third kappa shape index (κ3) is 3.06. The Balaban J connectivity index is 1.59. The molecule has 2 atom stereocenters. The van der Waals surface area contributed by atoms with Gasteiger partial charge in [0.2, 0.25) is 5.89 Å². The highest BCUT2D eigenvalue weighted by molar-refractivity contribution is 5.98. The van der Waals surface area contributed by atoms with Gasteiger partial charge in [-0.15, -0.1) is 0 Å². The SMILES string of the molecule is COC[C@@H]1CN(C(=O)c2ccc3ncccc3c2)C[C@H]1c1nc(C)no1. The van der Waals surface area contributed by atoms with E-state index in [4.69, 9.17) is 9.26 Å². The first-order chi connectivity index (χ1) is 12.7. The molecule has 3 aromatic rings. The second-order valence-electron chi connectivity index (χ2n) is 6.62. The number of hydrogen-bond acceptors (Lipinski definition) is 6. The topological polar surface area (TPSA) is 81.4 Å². The summed E-state index contributed by atoms with van der Waals surface area (Å²) in [5, 5.41) is 4.83. The van der Waals surface area contributed by atoms with Gasteiger partial charge in [-0.3, -0.25) is 9.78 Å². The van der Waals surface area contributed by atoms with E-state index in [0.29, 0.717) is 37.0 Å². The number of amides is 1. The van der Waals surface area contributed by atoms with E-state index in [1.165, 1.54) is 0 Å². The first-order valence-corrected chi connectivity index (χ1v) is 8.59. The minimum Gasteiger partial charge on any atom is -0.384 e. The molecule has 3 heterocycles. The third-order valence-electron chi connectivity index (χ3n) is 4.82. The number of methoxy groups -OCH3 is 1. The van der Waals surface area contributed by atoms with Crippen LogP contribution in [0.1, 0.15) is 28.0 Å². The van der Waals surface area contributed by atoms with Crippen molar-refractivity contribution in [1.29, 1.82) is 0 Å². The van der Waals surface area contributed by atoms with Crippen molar-refractivity contribution in [3.8, 4) is 0 Å². The van der Waals surface area contributed by atoms with Crippen LogP contribution in [-0.2, 0) is 4.74 Å². The van der Waals surface area contributed by atoms with Gasteiger partial charge in [0.1, 0.15) is 0 Å². The Labute approximate surface area is 151 Å². The molecule has 7 nitrogen and oxygen atoms in total. The summed E-state index contributed by atoms with van der Waals surface area (Å²) in [6, 6.07) is 9.42. The molecule has 0 saturated carbocycles. The number of nitrogens with zero attached hydrogens (tertiary/aromatic N) is 4. The Hall–Kier alpha value is -2.80. The molecule has 1 fully saturated rings. The highest BCUT2D eigenvalue weighted by Gasteiger charge is 2.39. The Morgan fingerprint density at radius 2 is 2.23 bits per heavy atom. The fourth-order valence-electron chi connectivity index (χ4n) is 3.55. The number of rotatable bonds is 4. The van der Waals surface area contributed by atoms with E-state index >= 15 is 0 Å². The van der Waals surface area contributed by atoms with Crippen LogP contribution in [0.25, 0.3) is 10.9 Å². The number of aromatic nitrogens is 3. The average Bonchev–Trinajstić information content (AvgIpc) is 3.27. The first kappa shape index (κ1) is 16.7. The van der Waals surface area contributed by atoms with Gasteiger partial charge in [0.05, 0.1) is 18.0 Å². The monoisotopic (exact) mass is 352 g/mol. The van der Waals surface area contributed by atoms with Crippen molar-refractivity contribution >= 4 is 16.8 Å². The maximum absolute atomic E-state index is 13.0. The van der Waals surface area contributed by atoms with Crippen molar-refractivity contribution in [1.82, 2.24) is 20.0 Å². The van der Waals surface area contributed by atoms with Crippen molar-refractivity contribution in [3.05, 3.63) is 53.8 Å². The van der Waals surface area contributed by atoms with Gasteiger partial charge in [0.25, 0.3) is 5.91 Å². The first-order valence-electron chi connectivity index (χ1n) is 8.59. The van der Waals surface area contributed by atoms with E-state index in [1.54, 1.807) is 20.2 Å². The van der Waals surface area contributed by atoms with Crippen molar-refractivity contribution < 1.29 is 14.1 Å². The molecule has 0 N–H and O–H groups in total. The molecule has 0 radical (unpaired) electrons. The number of aryl methyl sites for hydroxylation is 1. The molecule has 4 rings (SSSR count). The molecule has 1 amide bonds. The van der Waals surface area contributed by atoms with Crippen LogP contribution in [-0.4, -0.2) is 52.7 Å². The van der Waals surface area contributed by atoms with Crippen LogP contribution >= 0.6 is 0 Å². The lowest BCUT2D eigenvalue weighted by Gasteiger charge is -2.16. The normalized spacial score (nSPS) is 20.0. The Kier molecular flexibility index (Phi) is 4.38. The molecule has 1 aliphatic rings. The maximum Gasteiger partial charge on any atom is 0.253 e. The van der Waals surface area contributed by atoms with E-state index in [-0.39, 0.29) is 17.7 Å². The predicted octanol–water partition coefficient (Wildman–Crippen LogP) is 2.43.